The van der Waals surface area contributed by atoms with Gasteiger partial charge in [0.15, 0.2) is 0 Å². The maximum atomic E-state index is 13.1. The van der Waals surface area contributed by atoms with E-state index < -0.39 is 0 Å². The van der Waals surface area contributed by atoms with Gasteiger partial charge in [0, 0.05) is 6.61 Å². The predicted octanol–water partition coefficient (Wildman–Crippen LogP) is 2.97. The normalized spacial score (nSPS) is 25.9. The summed E-state index contributed by atoms with van der Waals surface area (Å²) in [5, 5.41) is 9.03. The van der Waals surface area contributed by atoms with Gasteiger partial charge in [0.2, 0.25) is 0 Å². The standard InChI is InChI=1S/C11H12ClFO/c12-10-2-1-8(5-11(10)13)9-3-7(4-9)6-14/h1-2,5,7,9,14H,3-4,6H2. The molecule has 1 N–H and O–H groups in total. The molecule has 0 atom stereocenters. The van der Waals surface area contributed by atoms with Crippen molar-refractivity contribution in [2.75, 3.05) is 6.61 Å². The van der Waals surface area contributed by atoms with E-state index in [0.29, 0.717) is 11.8 Å². The van der Waals surface area contributed by atoms with Gasteiger partial charge < -0.3 is 5.11 Å². The second kappa shape index (κ2) is 3.87. The third-order valence-corrected chi connectivity index (χ3v) is 3.22. The minimum atomic E-state index is -0.350. The van der Waals surface area contributed by atoms with Crippen LogP contribution < -0.4 is 0 Å². The zero-order valence-corrected chi connectivity index (χ0v) is 8.47. The first-order chi connectivity index (χ1) is 6.70. The summed E-state index contributed by atoms with van der Waals surface area (Å²) in [5.41, 5.74) is 0.997. The first-order valence-electron chi connectivity index (χ1n) is 4.76. The molecule has 1 fully saturated rings. The van der Waals surface area contributed by atoms with E-state index in [1.807, 2.05) is 6.07 Å². The quantitative estimate of drug-likeness (QED) is 0.803. The molecule has 14 heavy (non-hydrogen) atoms. The Morgan fingerprint density at radius 2 is 2.14 bits per heavy atom. The first kappa shape index (κ1) is 9.94. The minimum absolute atomic E-state index is 0.173. The van der Waals surface area contributed by atoms with Crippen LogP contribution in [-0.4, -0.2) is 11.7 Å². The molecule has 0 amide bonds. The Kier molecular flexibility index (Phi) is 2.75. The van der Waals surface area contributed by atoms with Crippen LogP contribution >= 0.6 is 11.6 Å². The van der Waals surface area contributed by atoms with E-state index >= 15 is 0 Å². The van der Waals surface area contributed by atoms with Crippen molar-refractivity contribution in [2.45, 2.75) is 18.8 Å². The van der Waals surface area contributed by atoms with Gasteiger partial charge in [-0.2, -0.15) is 0 Å². The Balaban J connectivity index is 2.08. The lowest BCUT2D eigenvalue weighted by Crippen LogP contribution is -2.24. The monoisotopic (exact) mass is 214 g/mol. The van der Waals surface area contributed by atoms with Gasteiger partial charge in [0.1, 0.15) is 5.82 Å². The Hall–Kier alpha value is -0.600. The molecule has 0 unspecified atom stereocenters. The highest BCUT2D eigenvalue weighted by Gasteiger charge is 2.29. The van der Waals surface area contributed by atoms with Gasteiger partial charge in [-0.3, -0.25) is 0 Å². The molecule has 0 radical (unpaired) electrons. The second-order valence-corrected chi connectivity index (χ2v) is 4.30. The molecule has 76 valence electrons. The predicted molar refractivity (Wildman–Crippen MR) is 54.0 cm³/mol. The molecule has 2 rings (SSSR count). The summed E-state index contributed by atoms with van der Waals surface area (Å²) in [7, 11) is 0. The first-order valence-corrected chi connectivity index (χ1v) is 5.14. The highest BCUT2D eigenvalue weighted by Crippen LogP contribution is 2.41. The Morgan fingerprint density at radius 1 is 1.43 bits per heavy atom. The second-order valence-electron chi connectivity index (χ2n) is 3.89. The van der Waals surface area contributed by atoms with Crippen LogP contribution in [0, 0.1) is 11.7 Å². The van der Waals surface area contributed by atoms with Crippen molar-refractivity contribution in [1.29, 1.82) is 0 Å². The minimum Gasteiger partial charge on any atom is -0.396 e. The van der Waals surface area contributed by atoms with E-state index in [9.17, 15) is 4.39 Å². The van der Waals surface area contributed by atoms with Crippen LogP contribution in [0.1, 0.15) is 24.3 Å². The number of rotatable bonds is 2. The molecule has 3 heteroatoms. The molecule has 0 saturated heterocycles. The zero-order chi connectivity index (χ0) is 10.1. The van der Waals surface area contributed by atoms with E-state index in [0.717, 1.165) is 18.4 Å². The van der Waals surface area contributed by atoms with E-state index in [2.05, 4.69) is 0 Å². The molecule has 0 heterocycles. The summed E-state index contributed by atoms with van der Waals surface area (Å²) in [4.78, 5) is 0. The molecule has 0 spiro atoms. The van der Waals surface area contributed by atoms with Crippen LogP contribution in [0.2, 0.25) is 5.02 Å². The maximum absolute atomic E-state index is 13.1. The van der Waals surface area contributed by atoms with E-state index in [-0.39, 0.29) is 17.4 Å². The van der Waals surface area contributed by atoms with Crippen LogP contribution in [0.15, 0.2) is 18.2 Å². The van der Waals surface area contributed by atoms with E-state index in [1.54, 1.807) is 6.07 Å². The van der Waals surface area contributed by atoms with Crippen LogP contribution in [0.4, 0.5) is 4.39 Å². The lowest BCUT2D eigenvalue weighted by Gasteiger charge is -2.34. The summed E-state index contributed by atoms with van der Waals surface area (Å²) >= 11 is 5.59. The Bertz CT molecular complexity index is 334. The SMILES string of the molecule is OCC1CC(c2ccc(Cl)c(F)c2)C1. The number of benzene rings is 1. The van der Waals surface area contributed by atoms with Crippen LogP contribution in [0.3, 0.4) is 0 Å². The van der Waals surface area contributed by atoms with Crippen molar-refractivity contribution in [3.05, 3.63) is 34.6 Å². The molecule has 1 aromatic carbocycles. The molecule has 1 saturated carbocycles. The largest absolute Gasteiger partial charge is 0.396 e. The molecule has 0 aliphatic heterocycles. The molecule has 0 bridgehead atoms. The molecular weight excluding hydrogens is 203 g/mol. The zero-order valence-electron chi connectivity index (χ0n) is 7.71. The number of hydrogen-bond donors (Lipinski definition) is 1. The van der Waals surface area contributed by atoms with Crippen molar-refractivity contribution in [2.24, 2.45) is 5.92 Å². The summed E-state index contributed by atoms with van der Waals surface area (Å²) < 4.78 is 13.1. The number of aliphatic hydroxyl groups excluding tert-OH is 1. The molecule has 1 nitrogen and oxygen atoms in total. The topological polar surface area (TPSA) is 20.2 Å². The molecule has 1 aliphatic rings. The third-order valence-electron chi connectivity index (χ3n) is 2.91. The number of halogens is 2. The van der Waals surface area contributed by atoms with Crippen molar-refractivity contribution in [3.8, 4) is 0 Å². The molecule has 1 aliphatic carbocycles. The van der Waals surface area contributed by atoms with Crippen molar-refractivity contribution in [3.63, 3.8) is 0 Å². The number of hydrogen-bond acceptors (Lipinski definition) is 1. The van der Waals surface area contributed by atoms with Crippen LogP contribution in [0.25, 0.3) is 0 Å². The molecular formula is C11H12ClFO. The van der Waals surface area contributed by atoms with E-state index in [4.69, 9.17) is 16.7 Å². The fraction of sp³-hybridized carbons (Fsp3) is 0.455. The van der Waals surface area contributed by atoms with Crippen molar-refractivity contribution in [1.82, 2.24) is 0 Å². The highest BCUT2D eigenvalue weighted by molar-refractivity contribution is 6.30. The highest BCUT2D eigenvalue weighted by atomic mass is 35.5. The summed E-state index contributed by atoms with van der Waals surface area (Å²) in [6, 6.07) is 4.96. The molecule has 1 aromatic rings. The van der Waals surface area contributed by atoms with Crippen molar-refractivity contribution >= 4 is 11.6 Å². The van der Waals surface area contributed by atoms with Gasteiger partial charge in [-0.25, -0.2) is 4.39 Å². The average Bonchev–Trinajstić information content (AvgIpc) is 2.09. The van der Waals surface area contributed by atoms with Gasteiger partial charge in [-0.05, 0) is 42.4 Å². The van der Waals surface area contributed by atoms with Crippen LogP contribution in [0.5, 0.6) is 0 Å². The smallest absolute Gasteiger partial charge is 0.142 e. The lowest BCUT2D eigenvalue weighted by molar-refractivity contribution is 0.142. The van der Waals surface area contributed by atoms with Crippen LogP contribution in [-0.2, 0) is 0 Å². The number of aliphatic hydroxyl groups is 1. The van der Waals surface area contributed by atoms with Gasteiger partial charge >= 0.3 is 0 Å². The van der Waals surface area contributed by atoms with Gasteiger partial charge in [0.25, 0.3) is 0 Å². The summed E-state index contributed by atoms with van der Waals surface area (Å²) in [6.07, 6.45) is 1.91. The lowest BCUT2D eigenvalue weighted by atomic mass is 9.72. The van der Waals surface area contributed by atoms with Gasteiger partial charge in [-0.15, -0.1) is 0 Å². The summed E-state index contributed by atoms with van der Waals surface area (Å²) in [5.74, 6) is 0.453. The third kappa shape index (κ3) is 1.77. The Labute approximate surface area is 87.5 Å². The van der Waals surface area contributed by atoms with E-state index in [1.165, 1.54) is 6.07 Å². The van der Waals surface area contributed by atoms with Gasteiger partial charge in [-0.1, -0.05) is 17.7 Å². The fourth-order valence-electron chi connectivity index (χ4n) is 1.92. The fourth-order valence-corrected chi connectivity index (χ4v) is 2.04. The van der Waals surface area contributed by atoms with Gasteiger partial charge in [0.05, 0.1) is 5.02 Å². The summed E-state index contributed by atoms with van der Waals surface area (Å²) in [6.45, 7) is 0.243. The average molecular weight is 215 g/mol. The maximum Gasteiger partial charge on any atom is 0.142 e. The molecule has 0 aromatic heterocycles. The van der Waals surface area contributed by atoms with Crippen molar-refractivity contribution < 1.29 is 9.50 Å². The Morgan fingerprint density at radius 3 is 2.71 bits per heavy atom.